The van der Waals surface area contributed by atoms with Crippen LogP contribution in [0.2, 0.25) is 0 Å². The highest BCUT2D eigenvalue weighted by atomic mass is 19.1. The Bertz CT molecular complexity index is 1030. The van der Waals surface area contributed by atoms with E-state index in [0.717, 1.165) is 64.0 Å². The third-order valence-corrected chi connectivity index (χ3v) is 11.0. The summed E-state index contributed by atoms with van der Waals surface area (Å²) in [6.45, 7) is 13.2. The van der Waals surface area contributed by atoms with E-state index in [9.17, 15) is 14.0 Å². The molecule has 2 aliphatic carbocycles. The Labute approximate surface area is 240 Å². The molecule has 2 saturated carbocycles. The van der Waals surface area contributed by atoms with Crippen LogP contribution in [-0.4, -0.2) is 77.6 Å². The lowest BCUT2D eigenvalue weighted by Gasteiger charge is -2.51. The lowest BCUT2D eigenvalue weighted by molar-refractivity contribution is -0.139. The van der Waals surface area contributed by atoms with E-state index < -0.39 is 0 Å². The maximum atomic E-state index is 14.2. The van der Waals surface area contributed by atoms with Gasteiger partial charge in [-0.15, -0.1) is 0 Å². The summed E-state index contributed by atoms with van der Waals surface area (Å²) in [6.07, 6.45) is 9.76. The number of halogens is 1. The number of ether oxygens (including phenoxy) is 1. The third kappa shape index (κ3) is 5.77. The minimum absolute atomic E-state index is 0.0353. The SMILES string of the molecule is CCN(CC)[C@H]1CC(C(=O)N2CCC(CN3C(=O)OCC3(C)C)(C3CCCCC3)CC2)[C@H](c2ccc(F)cc2)C1. The molecule has 2 heterocycles. The zero-order chi connectivity index (χ0) is 28.5. The van der Waals surface area contributed by atoms with Crippen molar-refractivity contribution in [3.63, 3.8) is 0 Å². The summed E-state index contributed by atoms with van der Waals surface area (Å²) in [6, 6.07) is 7.20. The van der Waals surface area contributed by atoms with Gasteiger partial charge in [-0.3, -0.25) is 9.69 Å². The summed E-state index contributed by atoms with van der Waals surface area (Å²) in [4.78, 5) is 33.6. The van der Waals surface area contributed by atoms with Crippen LogP contribution in [0.5, 0.6) is 0 Å². The first kappa shape index (κ1) is 29.3. The third-order valence-electron chi connectivity index (χ3n) is 11.0. The number of benzene rings is 1. The van der Waals surface area contributed by atoms with Crippen LogP contribution in [0.1, 0.15) is 97.0 Å². The molecule has 4 aliphatic rings. The first-order valence-electron chi connectivity index (χ1n) is 15.9. The Balaban J connectivity index is 1.34. The van der Waals surface area contributed by atoms with Crippen LogP contribution in [-0.2, 0) is 9.53 Å². The van der Waals surface area contributed by atoms with Gasteiger partial charge in [0, 0.05) is 31.6 Å². The van der Waals surface area contributed by atoms with Gasteiger partial charge in [-0.05, 0) is 100 Å². The number of hydrogen-bond donors (Lipinski definition) is 0. The van der Waals surface area contributed by atoms with E-state index >= 15 is 0 Å². The van der Waals surface area contributed by atoms with Crippen LogP contribution in [0, 0.1) is 23.1 Å². The molecule has 40 heavy (non-hydrogen) atoms. The standard InChI is InChI=1S/C33H50FN3O3/c1-5-35(6-2)27-20-28(24-12-14-26(34)15-13-24)29(21-27)30(38)36-18-16-33(17-19-36,25-10-8-7-9-11-25)22-37-31(39)40-23-32(37,3)4/h12-15,25,27-29H,5-11,16-23H2,1-4H3/t27-,28+,29?/m1/s1. The van der Waals surface area contributed by atoms with Crippen molar-refractivity contribution >= 4 is 12.0 Å². The molecular weight excluding hydrogens is 505 g/mol. The first-order valence-corrected chi connectivity index (χ1v) is 15.9. The molecule has 1 aromatic rings. The van der Waals surface area contributed by atoms with E-state index in [0.29, 0.717) is 18.6 Å². The molecule has 0 aromatic heterocycles. The number of likely N-dealkylation sites (tertiary alicyclic amines) is 1. The second kappa shape index (κ2) is 12.0. The van der Waals surface area contributed by atoms with Gasteiger partial charge in [0.05, 0.1) is 5.54 Å². The van der Waals surface area contributed by atoms with Crippen molar-refractivity contribution in [3.8, 4) is 0 Å². The fraction of sp³-hybridized carbons (Fsp3) is 0.758. The molecule has 2 saturated heterocycles. The molecule has 2 amide bonds. The van der Waals surface area contributed by atoms with Crippen LogP contribution in [0.25, 0.3) is 0 Å². The van der Waals surface area contributed by atoms with Gasteiger partial charge in [0.25, 0.3) is 0 Å². The van der Waals surface area contributed by atoms with Crippen molar-refractivity contribution in [2.45, 2.75) is 103 Å². The van der Waals surface area contributed by atoms with Gasteiger partial charge < -0.3 is 14.5 Å². The second-order valence-electron chi connectivity index (χ2n) is 13.6. The maximum Gasteiger partial charge on any atom is 0.410 e. The monoisotopic (exact) mass is 555 g/mol. The highest BCUT2D eigenvalue weighted by molar-refractivity contribution is 5.80. The van der Waals surface area contributed by atoms with Crippen LogP contribution in [0.3, 0.4) is 0 Å². The lowest BCUT2D eigenvalue weighted by atomic mass is 9.63. The molecule has 222 valence electrons. The van der Waals surface area contributed by atoms with Crippen LogP contribution in [0.4, 0.5) is 9.18 Å². The Morgan fingerprint density at radius 3 is 2.25 bits per heavy atom. The number of carbonyl (C=O) groups is 2. The summed E-state index contributed by atoms with van der Waals surface area (Å²) >= 11 is 0. The maximum absolute atomic E-state index is 14.2. The molecule has 0 bridgehead atoms. The molecule has 0 spiro atoms. The Morgan fingerprint density at radius 2 is 1.68 bits per heavy atom. The molecule has 0 N–H and O–H groups in total. The molecule has 5 rings (SSSR count). The molecule has 1 unspecified atom stereocenters. The van der Waals surface area contributed by atoms with Crippen LogP contribution >= 0.6 is 0 Å². The number of piperidine rings is 1. The van der Waals surface area contributed by atoms with Gasteiger partial charge in [0.2, 0.25) is 5.91 Å². The number of nitrogens with zero attached hydrogens (tertiary/aromatic N) is 3. The van der Waals surface area contributed by atoms with E-state index in [1.165, 1.54) is 44.2 Å². The van der Waals surface area contributed by atoms with E-state index in [1.54, 1.807) is 0 Å². The van der Waals surface area contributed by atoms with Crippen molar-refractivity contribution in [1.29, 1.82) is 0 Å². The fourth-order valence-corrected chi connectivity index (χ4v) is 8.45. The quantitative estimate of drug-likeness (QED) is 0.370. The second-order valence-corrected chi connectivity index (χ2v) is 13.6. The largest absolute Gasteiger partial charge is 0.447 e. The number of hydrogen-bond acceptors (Lipinski definition) is 4. The fourth-order valence-electron chi connectivity index (χ4n) is 8.45. The summed E-state index contributed by atoms with van der Waals surface area (Å²) in [7, 11) is 0. The zero-order valence-corrected chi connectivity index (χ0v) is 25.2. The van der Waals surface area contributed by atoms with Gasteiger partial charge in [0.15, 0.2) is 0 Å². The minimum Gasteiger partial charge on any atom is -0.447 e. The molecular formula is C33H50FN3O3. The van der Waals surface area contributed by atoms with Gasteiger partial charge in [-0.1, -0.05) is 45.2 Å². The van der Waals surface area contributed by atoms with E-state index in [2.05, 4.69) is 37.5 Å². The average molecular weight is 556 g/mol. The van der Waals surface area contributed by atoms with Crippen molar-refractivity contribution in [2.24, 2.45) is 17.3 Å². The Hall–Kier alpha value is -2.15. The molecule has 4 fully saturated rings. The van der Waals surface area contributed by atoms with Gasteiger partial charge in [-0.25, -0.2) is 9.18 Å². The number of cyclic esters (lactones) is 1. The van der Waals surface area contributed by atoms with Crippen molar-refractivity contribution in [1.82, 2.24) is 14.7 Å². The zero-order valence-electron chi connectivity index (χ0n) is 25.2. The van der Waals surface area contributed by atoms with Crippen LogP contribution in [0.15, 0.2) is 24.3 Å². The molecule has 1 aromatic carbocycles. The Morgan fingerprint density at radius 1 is 1.02 bits per heavy atom. The molecule has 0 radical (unpaired) electrons. The van der Waals surface area contributed by atoms with E-state index in [1.807, 2.05) is 17.0 Å². The average Bonchev–Trinajstić information content (AvgIpc) is 3.51. The van der Waals surface area contributed by atoms with Crippen molar-refractivity contribution in [3.05, 3.63) is 35.6 Å². The molecule has 7 heteroatoms. The van der Waals surface area contributed by atoms with E-state index in [4.69, 9.17) is 4.74 Å². The summed E-state index contributed by atoms with van der Waals surface area (Å²) in [5, 5.41) is 0. The predicted molar refractivity (Wildman–Crippen MR) is 156 cm³/mol. The van der Waals surface area contributed by atoms with Gasteiger partial charge in [-0.2, -0.15) is 0 Å². The first-order chi connectivity index (χ1) is 19.2. The minimum atomic E-state index is -0.294. The topological polar surface area (TPSA) is 53.1 Å². The number of rotatable bonds is 8. The summed E-state index contributed by atoms with van der Waals surface area (Å²) in [5.41, 5.74) is 0.822. The summed E-state index contributed by atoms with van der Waals surface area (Å²) in [5.74, 6) is 0.662. The predicted octanol–water partition coefficient (Wildman–Crippen LogP) is 6.45. The smallest absolute Gasteiger partial charge is 0.410 e. The highest BCUT2D eigenvalue weighted by Gasteiger charge is 2.50. The molecule has 3 atom stereocenters. The Kier molecular flexibility index (Phi) is 8.80. The number of amides is 2. The van der Waals surface area contributed by atoms with Crippen LogP contribution < -0.4 is 0 Å². The molecule has 6 nitrogen and oxygen atoms in total. The van der Waals surface area contributed by atoms with Gasteiger partial charge >= 0.3 is 6.09 Å². The highest BCUT2D eigenvalue weighted by Crippen LogP contribution is 2.49. The number of carbonyl (C=O) groups excluding carboxylic acids is 2. The lowest BCUT2D eigenvalue weighted by Crippen LogP contribution is -2.55. The normalized spacial score (nSPS) is 28.8. The van der Waals surface area contributed by atoms with Crippen molar-refractivity contribution < 1.29 is 18.7 Å². The summed E-state index contributed by atoms with van der Waals surface area (Å²) < 4.78 is 19.2. The molecule has 2 aliphatic heterocycles. The van der Waals surface area contributed by atoms with E-state index in [-0.39, 0.29) is 40.6 Å². The van der Waals surface area contributed by atoms with Crippen molar-refractivity contribution in [2.75, 3.05) is 39.3 Å². The van der Waals surface area contributed by atoms with Gasteiger partial charge in [0.1, 0.15) is 12.4 Å².